The highest BCUT2D eigenvalue weighted by Gasteiger charge is 2.25. The summed E-state index contributed by atoms with van der Waals surface area (Å²) < 4.78 is 12.3. The molecule has 3 aromatic rings. The van der Waals surface area contributed by atoms with Gasteiger partial charge in [-0.3, -0.25) is 4.79 Å². The van der Waals surface area contributed by atoms with Crippen LogP contribution in [0.4, 0.5) is 5.00 Å². The maximum atomic E-state index is 12.9. The van der Waals surface area contributed by atoms with Gasteiger partial charge >= 0.3 is 0 Å². The average molecular weight is 512 g/mol. The second-order valence-electron chi connectivity index (χ2n) is 6.18. The fraction of sp³-hybridized carbons (Fsp3) is 0.263. The fourth-order valence-corrected chi connectivity index (χ4v) is 4.93. The molecule has 0 atom stereocenters. The summed E-state index contributed by atoms with van der Waals surface area (Å²) in [6, 6.07) is 5.48. The minimum Gasteiger partial charge on any atom is -0.467 e. The van der Waals surface area contributed by atoms with E-state index >= 15 is 0 Å². The van der Waals surface area contributed by atoms with Crippen molar-refractivity contribution in [3.05, 3.63) is 61.1 Å². The van der Waals surface area contributed by atoms with Crippen LogP contribution in [-0.4, -0.2) is 12.1 Å². The summed E-state index contributed by atoms with van der Waals surface area (Å²) in [5.41, 5.74) is 1.82. The zero-order valence-corrected chi connectivity index (χ0v) is 18.2. The SMILES string of the molecule is O=C(NCc1ccco1)c1c(N=Cc2cc(Br)c(Br)o2)sc2c1CCCC2. The normalized spacial score (nSPS) is 13.9. The number of aryl methyl sites for hydroxylation is 1. The first-order valence-corrected chi connectivity index (χ1v) is 11.0. The Morgan fingerprint density at radius 3 is 2.93 bits per heavy atom. The number of aliphatic imine (C=N–C) groups is 1. The lowest BCUT2D eigenvalue weighted by Crippen LogP contribution is -2.23. The molecule has 3 aromatic heterocycles. The lowest BCUT2D eigenvalue weighted by molar-refractivity contribution is 0.0948. The minimum atomic E-state index is -0.111. The van der Waals surface area contributed by atoms with Crippen molar-refractivity contribution in [2.45, 2.75) is 32.2 Å². The van der Waals surface area contributed by atoms with Crippen LogP contribution in [0, 0.1) is 0 Å². The number of amides is 1. The Bertz CT molecular complexity index is 970. The van der Waals surface area contributed by atoms with Crippen LogP contribution in [0.15, 0.2) is 47.4 Å². The molecule has 5 nitrogen and oxygen atoms in total. The first kappa shape index (κ1) is 18.7. The molecule has 1 aliphatic carbocycles. The highest BCUT2D eigenvalue weighted by molar-refractivity contribution is 9.13. The molecule has 140 valence electrons. The molecule has 8 heteroatoms. The van der Waals surface area contributed by atoms with E-state index in [-0.39, 0.29) is 5.91 Å². The zero-order chi connectivity index (χ0) is 18.8. The number of halogens is 2. The lowest BCUT2D eigenvalue weighted by Gasteiger charge is -2.12. The van der Waals surface area contributed by atoms with E-state index in [0.717, 1.165) is 46.5 Å². The number of fused-ring (bicyclic) bond motifs is 1. The molecule has 0 bridgehead atoms. The Kier molecular flexibility index (Phi) is 5.66. The Morgan fingerprint density at radius 1 is 1.33 bits per heavy atom. The van der Waals surface area contributed by atoms with Crippen molar-refractivity contribution in [1.82, 2.24) is 5.32 Å². The average Bonchev–Trinajstić information content (AvgIpc) is 3.37. The third-order valence-corrected chi connectivity index (χ3v) is 7.27. The molecule has 0 spiro atoms. The second kappa shape index (κ2) is 8.16. The van der Waals surface area contributed by atoms with Crippen LogP contribution in [-0.2, 0) is 19.4 Å². The van der Waals surface area contributed by atoms with E-state index in [2.05, 4.69) is 42.2 Å². The predicted molar refractivity (Wildman–Crippen MR) is 112 cm³/mol. The van der Waals surface area contributed by atoms with Gasteiger partial charge in [0.25, 0.3) is 5.91 Å². The Hall–Kier alpha value is -1.64. The van der Waals surface area contributed by atoms with Gasteiger partial charge in [-0.25, -0.2) is 4.99 Å². The van der Waals surface area contributed by atoms with Gasteiger partial charge in [-0.05, 0) is 75.2 Å². The fourth-order valence-electron chi connectivity index (χ4n) is 3.09. The van der Waals surface area contributed by atoms with E-state index in [1.165, 1.54) is 4.88 Å². The topological polar surface area (TPSA) is 67.7 Å². The number of nitrogens with one attached hydrogen (secondary N) is 1. The van der Waals surface area contributed by atoms with Gasteiger partial charge in [-0.1, -0.05) is 0 Å². The maximum absolute atomic E-state index is 12.9. The van der Waals surface area contributed by atoms with Gasteiger partial charge in [0, 0.05) is 10.9 Å². The summed E-state index contributed by atoms with van der Waals surface area (Å²) in [5.74, 6) is 1.23. The van der Waals surface area contributed by atoms with Gasteiger partial charge in [-0.15, -0.1) is 11.3 Å². The van der Waals surface area contributed by atoms with Crippen molar-refractivity contribution in [2.75, 3.05) is 0 Å². The van der Waals surface area contributed by atoms with Crippen LogP contribution >= 0.6 is 43.2 Å². The molecule has 1 N–H and O–H groups in total. The molecular formula is C19H16Br2N2O3S. The molecule has 4 rings (SSSR count). The van der Waals surface area contributed by atoms with Crippen molar-refractivity contribution in [1.29, 1.82) is 0 Å². The summed E-state index contributed by atoms with van der Waals surface area (Å²) >= 11 is 8.31. The van der Waals surface area contributed by atoms with Crippen molar-refractivity contribution in [3.63, 3.8) is 0 Å². The Morgan fingerprint density at radius 2 is 2.19 bits per heavy atom. The molecule has 0 aromatic carbocycles. The molecule has 27 heavy (non-hydrogen) atoms. The van der Waals surface area contributed by atoms with Crippen molar-refractivity contribution in [3.8, 4) is 0 Å². The quantitative estimate of drug-likeness (QED) is 0.426. The monoisotopic (exact) mass is 510 g/mol. The molecule has 3 heterocycles. The number of hydrogen-bond donors (Lipinski definition) is 1. The Labute approximate surface area is 177 Å². The van der Waals surface area contributed by atoms with Gasteiger partial charge in [0.05, 0.1) is 29.1 Å². The van der Waals surface area contributed by atoms with Crippen molar-refractivity contribution in [2.24, 2.45) is 4.99 Å². The summed E-state index contributed by atoms with van der Waals surface area (Å²) in [7, 11) is 0. The minimum absolute atomic E-state index is 0.111. The van der Waals surface area contributed by atoms with Gasteiger partial charge in [-0.2, -0.15) is 0 Å². The van der Waals surface area contributed by atoms with Crippen molar-refractivity contribution >= 4 is 60.3 Å². The van der Waals surface area contributed by atoms with E-state index in [9.17, 15) is 4.79 Å². The van der Waals surface area contributed by atoms with Gasteiger partial charge in [0.2, 0.25) is 0 Å². The number of hydrogen-bond acceptors (Lipinski definition) is 5. The van der Waals surface area contributed by atoms with Crippen LogP contribution in [0.5, 0.6) is 0 Å². The highest BCUT2D eigenvalue weighted by atomic mass is 79.9. The Balaban J connectivity index is 1.62. The highest BCUT2D eigenvalue weighted by Crippen LogP contribution is 2.40. The van der Waals surface area contributed by atoms with E-state index in [4.69, 9.17) is 8.83 Å². The molecule has 0 fully saturated rings. The largest absolute Gasteiger partial charge is 0.467 e. The molecule has 0 unspecified atom stereocenters. The number of rotatable bonds is 5. The van der Waals surface area contributed by atoms with Gasteiger partial charge < -0.3 is 14.2 Å². The molecule has 0 saturated carbocycles. The van der Waals surface area contributed by atoms with Crippen LogP contribution in [0.2, 0.25) is 0 Å². The number of nitrogens with zero attached hydrogens (tertiary/aromatic N) is 1. The van der Waals surface area contributed by atoms with Crippen molar-refractivity contribution < 1.29 is 13.6 Å². The van der Waals surface area contributed by atoms with E-state index in [1.54, 1.807) is 23.8 Å². The molecule has 0 radical (unpaired) electrons. The predicted octanol–water partition coefficient (Wildman–Crippen LogP) is 6.02. The van der Waals surface area contributed by atoms with E-state index in [0.29, 0.717) is 22.5 Å². The third kappa shape index (κ3) is 4.12. The van der Waals surface area contributed by atoms with Gasteiger partial charge in [0.1, 0.15) is 16.5 Å². The van der Waals surface area contributed by atoms with E-state index < -0.39 is 0 Å². The van der Waals surface area contributed by atoms with Crippen LogP contribution in [0.25, 0.3) is 0 Å². The number of furan rings is 2. The number of thiophene rings is 1. The second-order valence-corrected chi connectivity index (χ2v) is 8.84. The lowest BCUT2D eigenvalue weighted by atomic mass is 9.95. The maximum Gasteiger partial charge on any atom is 0.255 e. The standard InChI is InChI=1S/C19H16Br2N2O3S/c20-14-8-12(26-17(14)21)10-23-19-16(13-5-1-2-6-15(13)27-19)18(24)22-9-11-4-3-7-25-11/h3-4,7-8,10H,1-2,5-6,9H2,(H,22,24). The van der Waals surface area contributed by atoms with Crippen LogP contribution in [0.1, 0.15) is 45.2 Å². The molecule has 0 saturated heterocycles. The molecule has 0 aliphatic heterocycles. The van der Waals surface area contributed by atoms with Crippen LogP contribution in [0.3, 0.4) is 0 Å². The number of carbonyl (C=O) groups is 1. The van der Waals surface area contributed by atoms with Gasteiger partial charge in [0.15, 0.2) is 4.67 Å². The summed E-state index contributed by atoms with van der Waals surface area (Å²) in [5, 5.41) is 3.68. The third-order valence-electron chi connectivity index (χ3n) is 4.36. The first-order chi connectivity index (χ1) is 13.1. The summed E-state index contributed by atoms with van der Waals surface area (Å²) in [4.78, 5) is 18.7. The summed E-state index contributed by atoms with van der Waals surface area (Å²) in [6.45, 7) is 0.359. The molecule has 1 amide bonds. The zero-order valence-electron chi connectivity index (χ0n) is 14.3. The molecule has 1 aliphatic rings. The molecular weight excluding hydrogens is 496 g/mol. The number of carbonyl (C=O) groups excluding carboxylic acids is 1. The summed E-state index contributed by atoms with van der Waals surface area (Å²) in [6.07, 6.45) is 7.43. The first-order valence-electron chi connectivity index (χ1n) is 8.56. The van der Waals surface area contributed by atoms with Crippen LogP contribution < -0.4 is 5.32 Å². The van der Waals surface area contributed by atoms with E-state index in [1.807, 2.05) is 18.2 Å². The smallest absolute Gasteiger partial charge is 0.255 e.